The average molecular weight is 774 g/mol. The van der Waals surface area contributed by atoms with E-state index in [4.69, 9.17) is 23.7 Å². The number of aliphatic hydroxyl groups is 3. The summed E-state index contributed by atoms with van der Waals surface area (Å²) in [7, 11) is 3.59. The highest BCUT2D eigenvalue weighted by atomic mass is 16.6. The number of esters is 1. The van der Waals surface area contributed by atoms with E-state index < -0.39 is 128 Å². The highest BCUT2D eigenvalue weighted by Crippen LogP contribution is 2.56. The molecular formula is C40H39NO15. The van der Waals surface area contributed by atoms with Crippen LogP contribution in [0.4, 0.5) is 0 Å². The van der Waals surface area contributed by atoms with E-state index in [1.54, 1.807) is 37.3 Å². The fourth-order valence-corrected chi connectivity index (χ4v) is 8.54. The molecule has 0 saturated carbocycles. The number of nitrogens with one attached hydrogen (secondary N) is 1. The van der Waals surface area contributed by atoms with E-state index in [-0.39, 0.29) is 23.4 Å². The van der Waals surface area contributed by atoms with Crippen molar-refractivity contribution in [2.45, 2.75) is 74.8 Å². The van der Waals surface area contributed by atoms with Gasteiger partial charge in [-0.3, -0.25) is 19.2 Å². The molecule has 0 amide bonds. The van der Waals surface area contributed by atoms with Crippen molar-refractivity contribution in [3.05, 3.63) is 104 Å². The average Bonchev–Trinajstić information content (AvgIpc) is 3.15. The zero-order valence-electron chi connectivity index (χ0n) is 30.8. The summed E-state index contributed by atoms with van der Waals surface area (Å²) in [5.74, 6) is -7.70. The fraction of sp³-hybridized carbons (Fsp3) is 0.375. The Kier molecular flexibility index (Phi) is 9.73. The van der Waals surface area contributed by atoms with Gasteiger partial charge in [0.1, 0.15) is 42.0 Å². The van der Waals surface area contributed by atoms with E-state index >= 15 is 0 Å². The molecule has 1 fully saturated rings. The van der Waals surface area contributed by atoms with Crippen molar-refractivity contribution in [2.75, 3.05) is 21.3 Å². The van der Waals surface area contributed by atoms with Crippen molar-refractivity contribution in [3.63, 3.8) is 0 Å². The Morgan fingerprint density at radius 2 is 1.61 bits per heavy atom. The molecule has 7 rings (SSSR count). The molecule has 1 saturated heterocycles. The number of ketones is 4. The molecule has 0 spiro atoms. The minimum absolute atomic E-state index is 0.0120. The largest absolute Gasteiger partial charge is 0.507 e. The van der Waals surface area contributed by atoms with Crippen LogP contribution in [-0.2, 0) is 42.3 Å². The van der Waals surface area contributed by atoms with Gasteiger partial charge >= 0.3 is 5.97 Å². The van der Waals surface area contributed by atoms with E-state index in [0.29, 0.717) is 5.56 Å². The molecule has 1 aliphatic heterocycles. The number of aryl methyl sites for hydroxylation is 1. The molecule has 56 heavy (non-hydrogen) atoms. The lowest BCUT2D eigenvalue weighted by atomic mass is 9.56. The van der Waals surface area contributed by atoms with E-state index in [1.807, 2.05) is 0 Å². The number of phenolic OH excluding ortho intramolecular Hbond substituents is 2. The summed E-state index contributed by atoms with van der Waals surface area (Å²) in [4.78, 5) is 70.6. The molecule has 0 bridgehead atoms. The van der Waals surface area contributed by atoms with Crippen molar-refractivity contribution in [1.82, 2.24) is 5.32 Å². The normalized spacial score (nSPS) is 29.5. The quantitative estimate of drug-likeness (QED) is 0.177. The lowest BCUT2D eigenvalue weighted by molar-refractivity contribution is -0.236. The maximum atomic E-state index is 14.8. The molecule has 4 aliphatic rings. The molecule has 6 N–H and O–H groups in total. The van der Waals surface area contributed by atoms with Gasteiger partial charge < -0.3 is 54.5 Å². The van der Waals surface area contributed by atoms with Crippen molar-refractivity contribution in [1.29, 1.82) is 0 Å². The molecule has 3 aliphatic carbocycles. The highest BCUT2D eigenvalue weighted by molar-refractivity contribution is 6.31. The van der Waals surface area contributed by atoms with Gasteiger partial charge in [-0.25, -0.2) is 4.79 Å². The van der Waals surface area contributed by atoms with Crippen LogP contribution in [0.15, 0.2) is 54.2 Å². The number of aromatic hydroxyl groups is 2. The zero-order valence-corrected chi connectivity index (χ0v) is 30.8. The second kappa shape index (κ2) is 14.0. The number of hydrogen-bond acceptors (Lipinski definition) is 16. The van der Waals surface area contributed by atoms with Crippen LogP contribution in [0.1, 0.15) is 81.0 Å². The summed E-state index contributed by atoms with van der Waals surface area (Å²) in [6, 6.07) is 10.9. The number of allylic oxidation sites excluding steroid dienone is 2. The summed E-state index contributed by atoms with van der Waals surface area (Å²) in [6.45, 7) is 2.89. The summed E-state index contributed by atoms with van der Waals surface area (Å²) in [5.41, 5.74) is -9.62. The maximum absolute atomic E-state index is 14.8. The van der Waals surface area contributed by atoms with Gasteiger partial charge in [-0.15, -0.1) is 0 Å². The lowest BCUT2D eigenvalue weighted by Crippen LogP contribution is -2.73. The Morgan fingerprint density at radius 3 is 2.25 bits per heavy atom. The van der Waals surface area contributed by atoms with Crippen molar-refractivity contribution < 1.29 is 73.2 Å². The van der Waals surface area contributed by atoms with Gasteiger partial charge in [0.25, 0.3) is 0 Å². The Morgan fingerprint density at radius 1 is 0.929 bits per heavy atom. The van der Waals surface area contributed by atoms with Crippen LogP contribution in [0.3, 0.4) is 0 Å². The van der Waals surface area contributed by atoms with E-state index in [1.165, 1.54) is 27.2 Å². The van der Waals surface area contributed by atoms with Gasteiger partial charge in [-0.1, -0.05) is 36.4 Å². The van der Waals surface area contributed by atoms with Gasteiger partial charge in [0.15, 0.2) is 23.2 Å². The standard InChI is InChI=1S/C40H39NO15/c1-16-11-19-12-24(43)40(54-5)36(49)27-21(35(48)39(40,51)28(19)31(46)25(16)38(50)55-15-18-9-7-6-8-10-18)13-20-26(30(27)45)23(42)14-22(29(20)44)41-37-34(53-4)32(47)33(52-3)17(2)56-37/h6-11,13-14,17,24,32-34,37,41,43,45-47,51H,12,15H2,1-5H3/t17-,24+,32+,33-,34+,37?,39-,40+/m0/s1. The van der Waals surface area contributed by atoms with Crippen LogP contribution in [0.5, 0.6) is 11.5 Å². The molecule has 1 unspecified atom stereocenters. The molecule has 16 heteroatoms. The number of fused-ring (bicyclic) bond motifs is 5. The van der Waals surface area contributed by atoms with Crippen LogP contribution >= 0.6 is 0 Å². The minimum atomic E-state index is -3.27. The monoisotopic (exact) mass is 773 g/mol. The molecule has 16 nitrogen and oxygen atoms in total. The van der Waals surface area contributed by atoms with E-state index in [2.05, 4.69) is 5.32 Å². The van der Waals surface area contributed by atoms with Gasteiger partial charge in [0.05, 0.1) is 29.0 Å². The number of aliphatic hydroxyl groups excluding tert-OH is 2. The van der Waals surface area contributed by atoms with E-state index in [9.17, 15) is 49.5 Å². The third kappa shape index (κ3) is 5.36. The molecule has 8 atom stereocenters. The smallest absolute Gasteiger partial charge is 0.342 e. The van der Waals surface area contributed by atoms with Crippen molar-refractivity contribution in [3.8, 4) is 11.5 Å². The van der Waals surface area contributed by atoms with Crippen LogP contribution in [0.2, 0.25) is 0 Å². The van der Waals surface area contributed by atoms with Gasteiger partial charge in [-0.2, -0.15) is 0 Å². The third-order valence-corrected chi connectivity index (χ3v) is 11.2. The summed E-state index contributed by atoms with van der Waals surface area (Å²) >= 11 is 0. The first-order chi connectivity index (χ1) is 26.6. The zero-order chi connectivity index (χ0) is 40.6. The summed E-state index contributed by atoms with van der Waals surface area (Å²) in [5, 5.41) is 61.2. The summed E-state index contributed by atoms with van der Waals surface area (Å²) in [6.07, 6.45) is -6.63. The number of Topliss-reactive ketones (excluding diaryl/α,β-unsaturated/α-hetero) is 3. The van der Waals surface area contributed by atoms with Crippen LogP contribution in [-0.4, -0.2) is 118 Å². The van der Waals surface area contributed by atoms with Gasteiger partial charge in [-0.05, 0) is 36.6 Å². The first-order valence-corrected chi connectivity index (χ1v) is 17.6. The molecule has 3 aromatic carbocycles. The summed E-state index contributed by atoms with van der Waals surface area (Å²) < 4.78 is 27.6. The Hall–Kier alpha value is -5.33. The number of benzene rings is 3. The maximum Gasteiger partial charge on any atom is 0.342 e. The van der Waals surface area contributed by atoms with Gasteiger partial charge in [0, 0.05) is 50.5 Å². The third-order valence-electron chi connectivity index (χ3n) is 11.2. The number of methoxy groups -OCH3 is 3. The predicted octanol–water partition coefficient (Wildman–Crippen LogP) is 1.32. The first kappa shape index (κ1) is 38.9. The minimum Gasteiger partial charge on any atom is -0.507 e. The fourth-order valence-electron chi connectivity index (χ4n) is 8.54. The number of hydrogen-bond donors (Lipinski definition) is 6. The van der Waals surface area contributed by atoms with E-state index in [0.717, 1.165) is 19.3 Å². The number of ether oxygens (including phenoxy) is 5. The number of phenols is 2. The molecular weight excluding hydrogens is 734 g/mol. The Bertz CT molecular complexity index is 2230. The lowest BCUT2D eigenvalue weighted by Gasteiger charge is -2.52. The SMILES string of the molecule is CO[C@@H]1[C@@H](O)[C@@H](OC)C(NC2=CC(=O)c3c(cc4c(c3O)C(=O)[C@]3(OC)[C@H](O)Cc5cc(C)c(C(=O)OCc6ccccc6)c(O)c5[C@]3(O)C4=O)C2=O)O[C@H]1C. The second-order valence-corrected chi connectivity index (χ2v) is 14.2. The highest BCUT2D eigenvalue weighted by Gasteiger charge is 2.72. The van der Waals surface area contributed by atoms with Gasteiger partial charge in [0.2, 0.25) is 17.3 Å². The number of carbonyl (C=O) groups is 5. The van der Waals surface area contributed by atoms with Crippen molar-refractivity contribution >= 4 is 29.1 Å². The molecule has 0 aromatic heterocycles. The predicted molar refractivity (Wildman–Crippen MR) is 190 cm³/mol. The van der Waals surface area contributed by atoms with Crippen LogP contribution in [0.25, 0.3) is 0 Å². The first-order valence-electron chi connectivity index (χ1n) is 17.6. The van der Waals surface area contributed by atoms with Crippen LogP contribution in [0, 0.1) is 6.92 Å². The molecule has 3 aromatic rings. The number of rotatable bonds is 8. The molecule has 1 heterocycles. The Balaban J connectivity index is 1.33. The van der Waals surface area contributed by atoms with Crippen molar-refractivity contribution in [2.24, 2.45) is 0 Å². The Labute approximate surface area is 319 Å². The number of carbonyl (C=O) groups excluding carboxylic acids is 5. The topological polar surface area (TPSA) is 245 Å². The van der Waals surface area contributed by atoms with Crippen LogP contribution < -0.4 is 5.32 Å². The molecule has 294 valence electrons. The second-order valence-electron chi connectivity index (χ2n) is 14.2. The molecule has 0 radical (unpaired) electrons.